The number of hydrogen-bond donors (Lipinski definition) is 4. The SMILES string of the molecule is BrB(Br)Br.CCc1cccc(C2CCN(C(=O)/C=C/c3cccc(O)c3CO[Si](C)(C)C(C)(C)C)CC2)c1.NCc1cccc(C2CCN(C(=O)/C=C/c3cccc(O)c3CO)CC2)c1.[2H]CC. The van der Waals surface area contributed by atoms with E-state index in [1.165, 1.54) is 28.8 Å². The van der Waals surface area contributed by atoms with Crippen molar-refractivity contribution >= 4 is 82.7 Å². The third-order valence-electron chi connectivity index (χ3n) is 12.8. The molecule has 2 fully saturated rings. The van der Waals surface area contributed by atoms with Crippen molar-refractivity contribution in [1.82, 2.24) is 9.80 Å². The van der Waals surface area contributed by atoms with Gasteiger partial charge in [-0.1, -0.05) is 114 Å². The number of phenols is 2. The number of rotatable bonds is 12. The fourth-order valence-corrected chi connectivity index (χ4v) is 8.67. The van der Waals surface area contributed by atoms with Gasteiger partial charge in [-0.3, -0.25) is 9.59 Å². The number of hydrogen-bond acceptors (Lipinski definition) is 7. The summed E-state index contributed by atoms with van der Waals surface area (Å²) in [6.45, 7) is 19.1. The Bertz CT molecular complexity index is 2240. The summed E-state index contributed by atoms with van der Waals surface area (Å²) in [4.78, 5) is 29.2. The summed E-state index contributed by atoms with van der Waals surface area (Å²) in [5.41, 5.74) is 13.6. The average Bonchev–Trinajstić information content (AvgIpc) is 3.32. The molecule has 2 amide bonds. The molecular formula is C53H73BBr3N3O6Si. The standard InChI is InChI=1S/C29H41NO3Si.C22H26N2O3.C2H6.BBr3/c1-7-22-10-8-12-25(20-22)23-16-18-30(19-17-23)28(32)15-14-24-11-9-13-27(31)26(24)21-33-34(5,6)29(2,3)4;23-14-16-3-1-5-19(13-16)17-9-11-24(12-10-17)22(27)8-7-18-4-2-6-21(26)20(18)15-25;1-2;2-1(3)4/h8-15,20,23,31H,7,16-19,21H2,1-6H3;1-8,13,17,25-26H,9-12,14-15,23H2;1-2H3;/b15-14+;8-7+;;/i;;1D;. The summed E-state index contributed by atoms with van der Waals surface area (Å²) in [6, 6.07) is 27.7. The number of amides is 2. The minimum atomic E-state index is -1.96. The Morgan fingerprint density at radius 2 is 1.18 bits per heavy atom. The van der Waals surface area contributed by atoms with E-state index in [1.807, 2.05) is 40.1 Å². The number of benzene rings is 4. The van der Waals surface area contributed by atoms with Crippen LogP contribution >= 0.6 is 47.3 Å². The van der Waals surface area contributed by atoms with E-state index in [2.05, 4.69) is 124 Å². The van der Waals surface area contributed by atoms with E-state index in [1.54, 1.807) is 37.3 Å². The smallest absolute Gasteiger partial charge is 0.369 e. The second-order valence-corrected chi connectivity index (χ2v) is 29.3. The first-order chi connectivity index (χ1) is 32.3. The van der Waals surface area contributed by atoms with Gasteiger partial charge in [0.1, 0.15) is 11.5 Å². The first-order valence-electron chi connectivity index (χ1n) is 23.9. The minimum Gasteiger partial charge on any atom is -0.508 e. The number of phenolic OH excluding ortho intramolecular Hbond substituents is 1. The molecule has 2 saturated heterocycles. The quantitative estimate of drug-likeness (QED) is 0.0819. The fourth-order valence-electron chi connectivity index (χ4n) is 7.74. The van der Waals surface area contributed by atoms with Crippen molar-refractivity contribution in [3.8, 4) is 11.5 Å². The first kappa shape index (κ1) is 56.1. The van der Waals surface area contributed by atoms with Crippen molar-refractivity contribution in [1.29, 1.82) is 0 Å². The summed E-state index contributed by atoms with van der Waals surface area (Å²) >= 11 is 9.31. The Morgan fingerprint density at radius 3 is 1.60 bits per heavy atom. The number of aryl methyl sites for hydroxylation is 1. The monoisotopic (exact) mass is 1120 g/mol. The molecule has 67 heavy (non-hydrogen) atoms. The zero-order valence-electron chi connectivity index (χ0n) is 41.5. The number of likely N-dealkylation sites (tertiary alicyclic amines) is 2. The number of carbonyl (C=O) groups excluding carboxylic acids is 2. The van der Waals surface area contributed by atoms with Crippen molar-refractivity contribution < 1.29 is 30.7 Å². The number of aromatic hydroxyl groups is 2. The Labute approximate surface area is 428 Å². The van der Waals surface area contributed by atoms with Crippen LogP contribution in [-0.4, -0.2) is 74.6 Å². The Hall–Kier alpha value is -3.50. The third-order valence-corrected chi connectivity index (χ3v) is 17.3. The Morgan fingerprint density at radius 1 is 0.776 bits per heavy atom. The molecule has 2 aliphatic rings. The van der Waals surface area contributed by atoms with E-state index in [4.69, 9.17) is 11.5 Å². The van der Waals surface area contributed by atoms with E-state index in [0.29, 0.717) is 56.1 Å². The molecule has 14 heteroatoms. The lowest BCUT2D eigenvalue weighted by Gasteiger charge is -2.36. The lowest BCUT2D eigenvalue weighted by atomic mass is 9.88. The predicted octanol–water partition coefficient (Wildman–Crippen LogP) is 12.8. The molecule has 0 radical (unpaired) electrons. The zero-order valence-corrected chi connectivity index (χ0v) is 46.2. The van der Waals surface area contributed by atoms with Crippen molar-refractivity contribution in [3.63, 3.8) is 0 Å². The molecule has 0 atom stereocenters. The third kappa shape index (κ3) is 18.4. The minimum absolute atomic E-state index is 0.0281. The molecular weight excluding hydrogens is 1050 g/mol. The number of nitrogens with zero attached hydrogens (tertiary/aromatic N) is 2. The van der Waals surface area contributed by atoms with Gasteiger partial charge in [-0.05, 0) is 120 Å². The van der Waals surface area contributed by atoms with E-state index in [9.17, 15) is 24.9 Å². The summed E-state index contributed by atoms with van der Waals surface area (Å²) < 4.78 is 12.8. The van der Waals surface area contributed by atoms with Crippen LogP contribution in [0.2, 0.25) is 18.1 Å². The number of piperidine rings is 2. The van der Waals surface area contributed by atoms with Gasteiger partial charge in [0.2, 0.25) is 11.8 Å². The molecule has 0 aliphatic carbocycles. The predicted molar refractivity (Wildman–Crippen MR) is 293 cm³/mol. The number of carbonyl (C=O) groups is 2. The van der Waals surface area contributed by atoms with Crippen LogP contribution < -0.4 is 5.73 Å². The van der Waals surface area contributed by atoms with Crippen LogP contribution in [0, 0.1) is 0 Å². The van der Waals surface area contributed by atoms with Gasteiger partial charge in [0.25, 0.3) is 0 Å². The van der Waals surface area contributed by atoms with Gasteiger partial charge in [0, 0.05) is 57.4 Å². The summed E-state index contributed by atoms with van der Waals surface area (Å²) in [5, 5.41) is 29.8. The molecule has 2 heterocycles. The van der Waals surface area contributed by atoms with Crippen molar-refractivity contribution in [2.45, 2.75) is 123 Å². The maximum Gasteiger partial charge on any atom is 0.369 e. The highest BCUT2D eigenvalue weighted by Gasteiger charge is 2.37. The Kier molecular flexibility index (Phi) is 24.2. The molecule has 9 nitrogen and oxygen atoms in total. The molecule has 4 aromatic carbocycles. The van der Waals surface area contributed by atoms with Crippen molar-refractivity contribution in [3.05, 3.63) is 142 Å². The lowest BCUT2D eigenvalue weighted by Crippen LogP contribution is -2.40. The summed E-state index contributed by atoms with van der Waals surface area (Å²) in [7, 11) is -1.96. The van der Waals surface area contributed by atoms with Gasteiger partial charge in [0.05, 0.1) is 13.2 Å². The Balaban J connectivity index is 0.000000323. The largest absolute Gasteiger partial charge is 0.508 e. The van der Waals surface area contributed by atoms with E-state index in [-0.39, 0.29) is 38.1 Å². The first-order valence-corrected chi connectivity index (χ1v) is 28.8. The van der Waals surface area contributed by atoms with Crippen LogP contribution in [0.1, 0.15) is 125 Å². The number of aliphatic hydroxyl groups excluding tert-OH is 1. The van der Waals surface area contributed by atoms with Gasteiger partial charge in [-0.25, -0.2) is 0 Å². The molecule has 0 saturated carbocycles. The van der Waals surface area contributed by atoms with Gasteiger partial charge in [-0.15, -0.1) is 47.3 Å². The lowest BCUT2D eigenvalue weighted by molar-refractivity contribution is -0.127. The molecule has 2 aliphatic heterocycles. The van der Waals surface area contributed by atoms with Gasteiger partial charge in [-0.2, -0.15) is 0 Å². The van der Waals surface area contributed by atoms with E-state index in [0.717, 1.165) is 61.9 Å². The van der Waals surface area contributed by atoms with Gasteiger partial charge < -0.3 is 35.3 Å². The van der Waals surface area contributed by atoms with E-state index < -0.39 is 8.32 Å². The molecule has 0 spiro atoms. The van der Waals surface area contributed by atoms with Crippen LogP contribution in [0.5, 0.6) is 11.5 Å². The summed E-state index contributed by atoms with van der Waals surface area (Å²) in [5.74, 6) is 1.20. The zero-order chi connectivity index (χ0) is 50.4. The normalized spacial score (nSPS) is 14.9. The molecule has 4 aromatic rings. The molecule has 5 N–H and O–H groups in total. The molecule has 364 valence electrons. The second-order valence-electron chi connectivity index (χ2n) is 18.1. The van der Waals surface area contributed by atoms with Crippen LogP contribution in [0.25, 0.3) is 12.2 Å². The van der Waals surface area contributed by atoms with Crippen LogP contribution in [0.3, 0.4) is 0 Å². The highest BCUT2D eigenvalue weighted by molar-refractivity contribution is 9.69. The maximum absolute atomic E-state index is 12.9. The second kappa shape index (κ2) is 28.9. The number of nitrogens with two attached hydrogens (primary N) is 1. The number of aliphatic hydroxyl groups is 1. The van der Waals surface area contributed by atoms with Gasteiger partial charge >= 0.3 is 3.18 Å². The average molecular weight is 1130 g/mol. The van der Waals surface area contributed by atoms with Crippen LogP contribution in [0.4, 0.5) is 0 Å². The summed E-state index contributed by atoms with van der Waals surface area (Å²) in [6.07, 6.45) is 11.5. The van der Waals surface area contributed by atoms with Crippen molar-refractivity contribution in [2.75, 3.05) is 26.2 Å². The van der Waals surface area contributed by atoms with Crippen LogP contribution in [-0.2, 0) is 40.2 Å². The topological polar surface area (TPSA) is 137 Å². The maximum atomic E-state index is 12.9. The highest BCUT2D eigenvalue weighted by Crippen LogP contribution is 2.38. The fraction of sp³-hybridized carbons (Fsp3) is 0.434. The molecule has 6 rings (SSSR count). The number of halogens is 3. The van der Waals surface area contributed by atoms with Gasteiger partial charge in [0.15, 0.2) is 8.32 Å². The molecule has 0 unspecified atom stereocenters. The molecule has 0 bridgehead atoms. The van der Waals surface area contributed by atoms with Crippen LogP contribution in [0.15, 0.2) is 97.1 Å². The highest BCUT2D eigenvalue weighted by atomic mass is 79.9. The molecule has 0 aromatic heterocycles. The van der Waals surface area contributed by atoms with Crippen molar-refractivity contribution in [2.24, 2.45) is 5.73 Å². The van der Waals surface area contributed by atoms with E-state index >= 15 is 0 Å².